The summed E-state index contributed by atoms with van der Waals surface area (Å²) >= 11 is 17.0. The van der Waals surface area contributed by atoms with Crippen LogP contribution in [-0.4, -0.2) is 0 Å². The summed E-state index contributed by atoms with van der Waals surface area (Å²) in [4.78, 5) is 0. The Bertz CT molecular complexity index is 212. The van der Waals surface area contributed by atoms with Crippen LogP contribution in [0.1, 0.15) is 5.56 Å². The Labute approximate surface area is 74.7 Å². The zero-order chi connectivity index (χ0) is 7.56. The van der Waals surface area contributed by atoms with Gasteiger partial charge in [-0.2, -0.15) is 0 Å². The number of alkyl halides is 1. The van der Waals surface area contributed by atoms with Gasteiger partial charge in [-0.1, -0.05) is 29.3 Å². The van der Waals surface area contributed by atoms with Crippen molar-refractivity contribution in [3.8, 4) is 0 Å². The van der Waals surface area contributed by atoms with Gasteiger partial charge in [0.1, 0.15) is 0 Å². The first kappa shape index (κ1) is 8.19. The first-order chi connectivity index (χ1) is 4.75. The highest BCUT2D eigenvalue weighted by Crippen LogP contribution is 2.24. The van der Waals surface area contributed by atoms with E-state index in [0.29, 0.717) is 15.9 Å². The van der Waals surface area contributed by atoms with Gasteiger partial charge in [0.2, 0.25) is 0 Å². The van der Waals surface area contributed by atoms with Crippen LogP contribution in [0.25, 0.3) is 0 Å². The Hall–Kier alpha value is 0.0900. The van der Waals surface area contributed by atoms with Gasteiger partial charge in [0.05, 0.1) is 10.9 Å². The van der Waals surface area contributed by atoms with Crippen LogP contribution in [0.3, 0.4) is 0 Å². The Morgan fingerprint density at radius 2 is 2.10 bits per heavy atom. The van der Waals surface area contributed by atoms with Crippen molar-refractivity contribution in [3.63, 3.8) is 0 Å². The molecular formula is C7H4Cl3. The third-order valence-corrected chi connectivity index (χ3v) is 2.09. The predicted octanol–water partition coefficient (Wildman–Crippen LogP) is 3.53. The number of rotatable bonds is 1. The molecule has 0 N–H and O–H groups in total. The molecule has 0 atom stereocenters. The Balaban J connectivity index is 3.17. The van der Waals surface area contributed by atoms with Crippen LogP contribution >= 0.6 is 34.8 Å². The van der Waals surface area contributed by atoms with Crippen molar-refractivity contribution in [1.29, 1.82) is 0 Å². The molecule has 0 aliphatic carbocycles. The van der Waals surface area contributed by atoms with Crippen molar-refractivity contribution >= 4 is 34.8 Å². The van der Waals surface area contributed by atoms with Crippen molar-refractivity contribution in [2.75, 3.05) is 0 Å². The van der Waals surface area contributed by atoms with Gasteiger partial charge in [-0.05, 0) is 6.07 Å². The molecule has 0 aliphatic rings. The Kier molecular flexibility index (Phi) is 2.84. The first-order valence-electron chi connectivity index (χ1n) is 2.66. The molecule has 3 heteroatoms. The maximum atomic E-state index is 5.74. The fourth-order valence-corrected chi connectivity index (χ4v) is 1.52. The number of benzene rings is 1. The van der Waals surface area contributed by atoms with E-state index in [9.17, 15) is 0 Å². The van der Waals surface area contributed by atoms with Gasteiger partial charge in [-0.15, -0.1) is 11.6 Å². The second kappa shape index (κ2) is 3.47. The molecule has 0 heterocycles. The smallest absolute Gasteiger partial charge is 0.0543 e. The van der Waals surface area contributed by atoms with E-state index < -0.39 is 0 Å². The van der Waals surface area contributed by atoms with E-state index in [1.165, 1.54) is 0 Å². The van der Waals surface area contributed by atoms with E-state index >= 15 is 0 Å². The molecule has 0 aromatic heterocycles. The molecule has 10 heavy (non-hydrogen) atoms. The predicted molar refractivity (Wildman–Crippen MR) is 44.9 cm³/mol. The topological polar surface area (TPSA) is 0 Å². The lowest BCUT2D eigenvalue weighted by Gasteiger charge is -1.99. The van der Waals surface area contributed by atoms with Crippen LogP contribution in [-0.2, 0) is 5.88 Å². The van der Waals surface area contributed by atoms with Crippen LogP contribution in [0, 0.1) is 6.07 Å². The summed E-state index contributed by atoms with van der Waals surface area (Å²) in [6, 6.07) is 6.17. The lowest BCUT2D eigenvalue weighted by Crippen LogP contribution is -1.80. The molecule has 0 saturated carbocycles. The Morgan fingerprint density at radius 3 is 2.50 bits per heavy atom. The number of halogens is 3. The van der Waals surface area contributed by atoms with Crippen molar-refractivity contribution in [2.24, 2.45) is 0 Å². The molecule has 0 aliphatic heterocycles. The van der Waals surface area contributed by atoms with Crippen LogP contribution < -0.4 is 0 Å². The monoisotopic (exact) mass is 193 g/mol. The molecule has 53 valence electrons. The first-order valence-corrected chi connectivity index (χ1v) is 3.95. The Morgan fingerprint density at radius 1 is 1.40 bits per heavy atom. The third kappa shape index (κ3) is 1.57. The fraction of sp³-hybridized carbons (Fsp3) is 0.143. The lowest BCUT2D eigenvalue weighted by molar-refractivity contribution is 1.40. The third-order valence-electron chi connectivity index (χ3n) is 1.13. The van der Waals surface area contributed by atoms with Crippen LogP contribution in [0.4, 0.5) is 0 Å². The largest absolute Gasteiger partial charge is 0.121 e. The average Bonchev–Trinajstić information content (AvgIpc) is 1.88. The summed E-state index contributed by atoms with van der Waals surface area (Å²) in [5.41, 5.74) is 0.743. The summed E-state index contributed by atoms with van der Waals surface area (Å²) in [6.45, 7) is 0. The van der Waals surface area contributed by atoms with Crippen LogP contribution in [0.5, 0.6) is 0 Å². The molecule has 0 spiro atoms. The highest BCUT2D eigenvalue weighted by Gasteiger charge is 2.02. The molecule has 0 bridgehead atoms. The molecule has 1 aromatic carbocycles. The molecular weight excluding hydrogens is 190 g/mol. The summed E-state index contributed by atoms with van der Waals surface area (Å²) in [5.74, 6) is 0.328. The van der Waals surface area contributed by atoms with Crippen LogP contribution in [0.2, 0.25) is 10.0 Å². The van der Waals surface area contributed by atoms with Crippen molar-refractivity contribution in [3.05, 3.63) is 33.8 Å². The van der Waals surface area contributed by atoms with E-state index in [4.69, 9.17) is 34.8 Å². The molecule has 0 saturated heterocycles. The molecule has 0 fully saturated rings. The fourth-order valence-electron chi connectivity index (χ4n) is 0.603. The summed E-state index contributed by atoms with van der Waals surface area (Å²) in [5, 5.41) is 1.10. The van der Waals surface area contributed by atoms with Gasteiger partial charge in [0.25, 0.3) is 0 Å². The second-order valence-corrected chi connectivity index (χ2v) is 2.80. The zero-order valence-electron chi connectivity index (χ0n) is 5.00. The minimum atomic E-state index is 0.328. The van der Waals surface area contributed by atoms with Crippen molar-refractivity contribution in [1.82, 2.24) is 0 Å². The van der Waals surface area contributed by atoms with Gasteiger partial charge >= 0.3 is 0 Å². The number of hydrogen-bond acceptors (Lipinski definition) is 0. The maximum absolute atomic E-state index is 5.74. The van der Waals surface area contributed by atoms with Crippen LogP contribution in [0.15, 0.2) is 12.1 Å². The summed E-state index contributed by atoms with van der Waals surface area (Å²) in [6.07, 6.45) is 0. The number of hydrogen-bond donors (Lipinski definition) is 0. The average molecular weight is 194 g/mol. The second-order valence-electron chi connectivity index (χ2n) is 1.75. The standard InChI is InChI=1S/C7H4Cl3/c8-4-5-6(9)2-1-3-7(5)10/h1-2H,4H2. The molecule has 0 amide bonds. The lowest BCUT2D eigenvalue weighted by atomic mass is 10.2. The molecule has 0 nitrogen and oxygen atoms in total. The van der Waals surface area contributed by atoms with E-state index in [1.54, 1.807) is 12.1 Å². The molecule has 1 radical (unpaired) electrons. The van der Waals surface area contributed by atoms with Gasteiger partial charge in [0, 0.05) is 16.7 Å². The van der Waals surface area contributed by atoms with Crippen molar-refractivity contribution in [2.45, 2.75) is 5.88 Å². The SMILES string of the molecule is ClCc1c(Cl)[c]ccc1Cl. The quantitative estimate of drug-likeness (QED) is 0.600. The molecule has 1 rings (SSSR count). The zero-order valence-corrected chi connectivity index (χ0v) is 7.26. The van der Waals surface area contributed by atoms with Gasteiger partial charge < -0.3 is 0 Å². The van der Waals surface area contributed by atoms with Gasteiger partial charge in [-0.25, -0.2) is 0 Å². The minimum Gasteiger partial charge on any atom is -0.121 e. The van der Waals surface area contributed by atoms with Gasteiger partial charge in [0.15, 0.2) is 0 Å². The molecule has 1 aromatic rings. The minimum absolute atomic E-state index is 0.328. The van der Waals surface area contributed by atoms with E-state index in [-0.39, 0.29) is 0 Å². The maximum Gasteiger partial charge on any atom is 0.0543 e. The normalized spacial score (nSPS) is 9.90. The highest BCUT2D eigenvalue weighted by atomic mass is 35.5. The molecule has 0 unspecified atom stereocenters. The summed E-state index contributed by atoms with van der Waals surface area (Å²) in [7, 11) is 0. The van der Waals surface area contributed by atoms with Crippen molar-refractivity contribution < 1.29 is 0 Å². The summed E-state index contributed by atoms with van der Waals surface area (Å²) < 4.78 is 0. The van der Waals surface area contributed by atoms with E-state index in [2.05, 4.69) is 6.07 Å². The van der Waals surface area contributed by atoms with Gasteiger partial charge in [-0.3, -0.25) is 0 Å². The van der Waals surface area contributed by atoms with E-state index in [1.807, 2.05) is 0 Å². The van der Waals surface area contributed by atoms with E-state index in [0.717, 1.165) is 5.56 Å². The highest BCUT2D eigenvalue weighted by molar-refractivity contribution is 6.37.